The van der Waals surface area contributed by atoms with Gasteiger partial charge >= 0.3 is 14.1 Å². The molecule has 0 N–H and O–H groups in total. The molecule has 2 aromatic carbocycles. The highest BCUT2D eigenvalue weighted by atomic mass is 31.1. The topological polar surface area (TPSA) is 71.0 Å². The first kappa shape index (κ1) is 16.1. The molecule has 0 aliphatic heterocycles. The predicted molar refractivity (Wildman–Crippen MR) is 82.1 cm³/mol. The molecule has 0 bridgehead atoms. The molecular formula is C16H16NO4P. The Morgan fingerprint density at radius 3 is 2.36 bits per heavy atom. The van der Waals surface area contributed by atoms with Crippen molar-refractivity contribution in [2.24, 2.45) is 4.74 Å². The summed E-state index contributed by atoms with van der Waals surface area (Å²) in [6.07, 6.45) is 0. The molecule has 5 nitrogen and oxygen atoms in total. The van der Waals surface area contributed by atoms with Gasteiger partial charge in [0.2, 0.25) is 0 Å². The molecule has 0 fully saturated rings. The van der Waals surface area contributed by atoms with Gasteiger partial charge in [-0.1, -0.05) is 53.3 Å². The lowest BCUT2D eigenvalue weighted by atomic mass is 10.2. The molecule has 22 heavy (non-hydrogen) atoms. The summed E-state index contributed by atoms with van der Waals surface area (Å²) in [4.78, 5) is 23.6. The van der Waals surface area contributed by atoms with Crippen LogP contribution in [-0.4, -0.2) is 12.0 Å². The molecule has 0 heterocycles. The molecule has 0 aliphatic carbocycles. The highest BCUT2D eigenvalue weighted by Crippen LogP contribution is 2.23. The van der Waals surface area contributed by atoms with Crippen LogP contribution in [0.5, 0.6) is 5.75 Å². The zero-order valence-electron chi connectivity index (χ0n) is 12.1. The van der Waals surface area contributed by atoms with Crippen LogP contribution in [0.25, 0.3) is 0 Å². The molecule has 6 heteroatoms. The van der Waals surface area contributed by atoms with Gasteiger partial charge < -0.3 is 9.63 Å². The number of esters is 1. The minimum atomic E-state index is -2.32. The normalized spacial score (nSPS) is 12.5. The summed E-state index contributed by atoms with van der Waals surface area (Å²) in [5.74, 6) is -0.0962. The van der Waals surface area contributed by atoms with E-state index in [1.54, 1.807) is 24.3 Å². The molecule has 0 aliphatic rings. The Bertz CT molecular complexity index is 631. The summed E-state index contributed by atoms with van der Waals surface area (Å²) < 4.78 is 14.1. The highest BCUT2D eigenvalue weighted by molar-refractivity contribution is 7.34. The first-order chi connectivity index (χ1) is 10.6. The van der Waals surface area contributed by atoms with Crippen molar-refractivity contribution in [2.75, 3.05) is 0 Å². The van der Waals surface area contributed by atoms with Gasteiger partial charge in [-0.15, -0.1) is 0 Å². The molecule has 114 valence electrons. The van der Waals surface area contributed by atoms with Crippen molar-refractivity contribution < 1.29 is 18.9 Å². The van der Waals surface area contributed by atoms with Gasteiger partial charge in [0.1, 0.15) is 6.61 Å². The number of ether oxygens (including phenoxy) is 1. The van der Waals surface area contributed by atoms with E-state index in [9.17, 15) is 9.69 Å². The Balaban J connectivity index is 1.86. The van der Waals surface area contributed by atoms with E-state index < -0.39 is 20.2 Å². The van der Waals surface area contributed by atoms with E-state index in [4.69, 9.17) is 9.26 Å². The van der Waals surface area contributed by atoms with Crippen molar-refractivity contribution in [1.82, 2.24) is 0 Å². The second-order valence-corrected chi connectivity index (χ2v) is 5.42. The fourth-order valence-electron chi connectivity index (χ4n) is 1.63. The molecule has 2 atom stereocenters. The Hall–Kier alpha value is -2.23. The van der Waals surface area contributed by atoms with Crippen molar-refractivity contribution in [1.29, 1.82) is 0 Å². The van der Waals surface area contributed by atoms with E-state index in [1.165, 1.54) is 6.92 Å². The lowest BCUT2D eigenvalue weighted by Crippen LogP contribution is -2.18. The Kier molecular flexibility index (Phi) is 6.07. The highest BCUT2D eigenvalue weighted by Gasteiger charge is 2.18. The monoisotopic (exact) mass is 317 g/mol. The van der Waals surface area contributed by atoms with Crippen molar-refractivity contribution >= 4 is 14.1 Å². The summed E-state index contributed by atoms with van der Waals surface area (Å²) in [6, 6.07) is 17.1. The van der Waals surface area contributed by atoms with Gasteiger partial charge in [-0.05, 0) is 24.6 Å². The van der Waals surface area contributed by atoms with E-state index >= 15 is 0 Å². The zero-order valence-corrected chi connectivity index (χ0v) is 13.0. The average Bonchev–Trinajstić information content (AvgIpc) is 2.54. The third-order valence-corrected chi connectivity index (χ3v) is 3.66. The largest absolute Gasteiger partial charge is 0.575 e. The standard InChI is InChI=1S/C16H16NO4P/c1-13(16(18)20-12-14-8-4-2-5-9-14)17-22(19)21-15-10-6-3-7-11-15/h2-11,13H,12H2,1H3/t13-/m0/s1. The second kappa shape index (κ2) is 8.27. The SMILES string of the molecule is C[C@H](N=[P+]([O-])Oc1ccccc1)C(=O)OCc1ccccc1. The third-order valence-electron chi connectivity index (χ3n) is 2.76. The Labute approximate surface area is 130 Å². The minimum Gasteiger partial charge on any atom is -0.575 e. The summed E-state index contributed by atoms with van der Waals surface area (Å²) in [6.45, 7) is 1.69. The van der Waals surface area contributed by atoms with Crippen LogP contribution in [0.2, 0.25) is 0 Å². The van der Waals surface area contributed by atoms with Crippen molar-refractivity contribution in [3.05, 3.63) is 66.2 Å². The van der Waals surface area contributed by atoms with E-state index in [0.29, 0.717) is 5.75 Å². The molecule has 0 amide bonds. The average molecular weight is 317 g/mol. The fourth-order valence-corrected chi connectivity index (χ4v) is 2.36. The molecule has 0 saturated heterocycles. The van der Waals surface area contributed by atoms with Gasteiger partial charge in [0, 0.05) is 0 Å². The van der Waals surface area contributed by atoms with Gasteiger partial charge in [-0.3, -0.25) is 4.52 Å². The van der Waals surface area contributed by atoms with Gasteiger partial charge in [0.25, 0.3) is 0 Å². The maximum Gasteiger partial charge on any atom is 0.395 e. The van der Waals surface area contributed by atoms with E-state index in [1.807, 2.05) is 36.4 Å². The van der Waals surface area contributed by atoms with Crippen LogP contribution in [0.3, 0.4) is 0 Å². The number of benzene rings is 2. The van der Waals surface area contributed by atoms with Crippen LogP contribution in [0, 0.1) is 0 Å². The smallest absolute Gasteiger partial charge is 0.395 e. The van der Waals surface area contributed by atoms with Crippen molar-refractivity contribution in [3.63, 3.8) is 0 Å². The Morgan fingerprint density at radius 2 is 1.73 bits per heavy atom. The molecule has 2 aromatic rings. The number of rotatable bonds is 6. The number of carbonyl (C=O) groups excluding carboxylic acids is 1. The van der Waals surface area contributed by atoms with Crippen LogP contribution in [0.4, 0.5) is 0 Å². The lowest BCUT2D eigenvalue weighted by Gasteiger charge is -2.06. The summed E-state index contributed by atoms with van der Waals surface area (Å²) >= 11 is 0. The van der Waals surface area contributed by atoms with Crippen LogP contribution in [0.15, 0.2) is 65.4 Å². The zero-order chi connectivity index (χ0) is 15.8. The van der Waals surface area contributed by atoms with Gasteiger partial charge in [0.15, 0.2) is 11.8 Å². The van der Waals surface area contributed by atoms with E-state index in [-0.39, 0.29) is 6.61 Å². The molecule has 0 aromatic heterocycles. The van der Waals surface area contributed by atoms with E-state index in [2.05, 4.69) is 4.74 Å². The van der Waals surface area contributed by atoms with Crippen LogP contribution in [-0.2, 0) is 16.1 Å². The molecular weight excluding hydrogens is 301 g/mol. The third kappa shape index (κ3) is 5.28. The molecule has 0 spiro atoms. The lowest BCUT2D eigenvalue weighted by molar-refractivity contribution is -0.169. The van der Waals surface area contributed by atoms with Crippen molar-refractivity contribution in [3.8, 4) is 5.75 Å². The maximum atomic E-state index is 11.8. The number of para-hydroxylation sites is 1. The first-order valence-electron chi connectivity index (χ1n) is 6.77. The minimum absolute atomic E-state index is 0.163. The maximum absolute atomic E-state index is 11.8. The number of nitrogens with zero attached hydrogens (tertiary/aromatic N) is 1. The molecule has 1 unspecified atom stereocenters. The quantitative estimate of drug-likeness (QED) is 0.606. The summed E-state index contributed by atoms with van der Waals surface area (Å²) in [5.41, 5.74) is 0.882. The van der Waals surface area contributed by atoms with Gasteiger partial charge in [-0.2, -0.15) is 0 Å². The van der Waals surface area contributed by atoms with Gasteiger partial charge in [-0.25, -0.2) is 4.79 Å². The summed E-state index contributed by atoms with van der Waals surface area (Å²) in [7, 11) is -2.32. The fraction of sp³-hybridized carbons (Fsp3) is 0.188. The molecule has 0 saturated carbocycles. The van der Waals surface area contributed by atoms with Crippen LogP contribution < -0.4 is 9.42 Å². The molecule has 0 radical (unpaired) electrons. The summed E-state index contributed by atoms with van der Waals surface area (Å²) in [5, 5.41) is 0. The second-order valence-electron chi connectivity index (χ2n) is 4.53. The first-order valence-corrected chi connectivity index (χ1v) is 7.90. The number of hydrogen-bond acceptors (Lipinski definition) is 5. The molecule has 2 rings (SSSR count). The number of carbonyl (C=O) groups is 1. The van der Waals surface area contributed by atoms with Crippen molar-refractivity contribution in [2.45, 2.75) is 19.6 Å². The van der Waals surface area contributed by atoms with E-state index in [0.717, 1.165) is 5.56 Å². The number of hydrogen-bond donors (Lipinski definition) is 0. The van der Waals surface area contributed by atoms with Crippen LogP contribution >= 0.6 is 8.17 Å². The predicted octanol–water partition coefficient (Wildman–Crippen LogP) is 3.05. The van der Waals surface area contributed by atoms with Crippen LogP contribution in [0.1, 0.15) is 12.5 Å². The Morgan fingerprint density at radius 1 is 1.14 bits per heavy atom. The van der Waals surface area contributed by atoms with Gasteiger partial charge in [0.05, 0.1) is 0 Å².